The van der Waals surface area contributed by atoms with Crippen molar-refractivity contribution in [1.29, 1.82) is 0 Å². The molecule has 0 unspecified atom stereocenters. The maximum atomic E-state index is 4.65. The molecule has 0 amide bonds. The van der Waals surface area contributed by atoms with Gasteiger partial charge in [0.25, 0.3) is 0 Å². The van der Waals surface area contributed by atoms with Crippen LogP contribution < -0.4 is 5.32 Å². The van der Waals surface area contributed by atoms with Crippen molar-refractivity contribution in [2.75, 3.05) is 0 Å². The minimum absolute atomic E-state index is 0.398. The molecule has 1 aromatic rings. The Morgan fingerprint density at radius 2 is 2.70 bits per heavy atom. The summed E-state index contributed by atoms with van der Waals surface area (Å²) in [6.07, 6.45) is 1.76. The topological polar surface area (TPSA) is 24.9 Å². The Morgan fingerprint density at radius 1 is 1.90 bits per heavy atom. The van der Waals surface area contributed by atoms with E-state index in [2.05, 4.69) is 35.1 Å². The van der Waals surface area contributed by atoms with Gasteiger partial charge < -0.3 is 30.2 Å². The third-order valence-corrected chi connectivity index (χ3v) is 1.94. The Hall–Kier alpha value is -0.260. The largest absolute Gasteiger partial charge is 0.412 e. The first-order chi connectivity index (χ1) is 4.79. The number of thiocarbonyl (C=S) groups is 1. The van der Waals surface area contributed by atoms with Crippen LogP contribution in [0.1, 0.15) is 5.01 Å². The zero-order chi connectivity index (χ0) is 7.40. The molecule has 0 bridgehead atoms. The zero-order valence-corrected chi connectivity index (χ0v) is 7.48. The third-order valence-electron chi connectivity index (χ3n) is 0.867. The van der Waals surface area contributed by atoms with E-state index in [4.69, 9.17) is 0 Å². The zero-order valence-electron chi connectivity index (χ0n) is 5.03. The second kappa shape index (κ2) is 3.80. The lowest BCUT2D eigenvalue weighted by atomic mass is 10.7. The molecule has 0 saturated heterocycles. The van der Waals surface area contributed by atoms with E-state index in [1.165, 1.54) is 0 Å². The molecule has 5 heteroatoms. The molecule has 1 aromatic heterocycles. The SMILES string of the molecule is S=C([S-])NCc1nccs1. The predicted molar refractivity (Wildman–Crippen MR) is 48.9 cm³/mol. The first kappa shape index (κ1) is 7.84. The van der Waals surface area contributed by atoms with Gasteiger partial charge in [-0.1, -0.05) is 4.32 Å². The molecule has 0 aliphatic rings. The Bertz CT molecular complexity index is 207. The fourth-order valence-corrected chi connectivity index (χ4v) is 1.19. The van der Waals surface area contributed by atoms with Gasteiger partial charge in [0, 0.05) is 11.6 Å². The van der Waals surface area contributed by atoms with Crippen LogP contribution in [0.3, 0.4) is 0 Å². The molecule has 1 N–H and O–H groups in total. The number of nitrogens with one attached hydrogen (secondary N) is 1. The highest BCUT2D eigenvalue weighted by atomic mass is 32.1. The van der Waals surface area contributed by atoms with Crippen LogP contribution in [-0.4, -0.2) is 9.30 Å². The highest BCUT2D eigenvalue weighted by Gasteiger charge is 1.90. The van der Waals surface area contributed by atoms with Crippen molar-refractivity contribution in [2.45, 2.75) is 6.54 Å². The average molecular weight is 189 g/mol. The van der Waals surface area contributed by atoms with E-state index in [1.54, 1.807) is 17.5 Å². The summed E-state index contributed by atoms with van der Waals surface area (Å²) in [4.78, 5) is 4.04. The van der Waals surface area contributed by atoms with Gasteiger partial charge >= 0.3 is 0 Å². The summed E-state index contributed by atoms with van der Waals surface area (Å²) >= 11 is 10.9. The number of thiazole rings is 1. The van der Waals surface area contributed by atoms with Gasteiger partial charge in [0.2, 0.25) is 0 Å². The van der Waals surface area contributed by atoms with Crippen molar-refractivity contribution in [2.24, 2.45) is 0 Å². The van der Waals surface area contributed by atoms with Crippen LogP contribution in [0.2, 0.25) is 0 Å². The summed E-state index contributed by atoms with van der Waals surface area (Å²) in [5, 5.41) is 5.77. The molecule has 0 fully saturated rings. The standard InChI is InChI=1S/C5H6N2S3/c8-5(9)7-3-4-6-1-2-10-4/h1-2H,3H2,(H2,7,8,9)/p-1. The number of hydrogen-bond acceptors (Lipinski definition) is 4. The molecule has 0 aliphatic heterocycles. The molecule has 0 radical (unpaired) electrons. The Kier molecular flexibility index (Phi) is 2.98. The van der Waals surface area contributed by atoms with Crippen LogP contribution in [0.15, 0.2) is 11.6 Å². The van der Waals surface area contributed by atoms with Crippen molar-refractivity contribution >= 4 is 40.5 Å². The highest BCUT2D eigenvalue weighted by Crippen LogP contribution is 2.02. The maximum absolute atomic E-state index is 4.65. The minimum atomic E-state index is 0.398. The summed E-state index contributed by atoms with van der Waals surface area (Å²) in [7, 11) is 0. The number of rotatable bonds is 2. The van der Waals surface area contributed by atoms with E-state index in [0.29, 0.717) is 10.9 Å². The van der Waals surface area contributed by atoms with Crippen molar-refractivity contribution in [1.82, 2.24) is 10.3 Å². The van der Waals surface area contributed by atoms with E-state index in [9.17, 15) is 0 Å². The van der Waals surface area contributed by atoms with Crippen LogP contribution in [0.4, 0.5) is 0 Å². The van der Waals surface area contributed by atoms with Crippen molar-refractivity contribution in [3.8, 4) is 0 Å². The molecule has 0 saturated carbocycles. The fraction of sp³-hybridized carbons (Fsp3) is 0.200. The second-order valence-electron chi connectivity index (χ2n) is 1.57. The Morgan fingerprint density at radius 3 is 3.20 bits per heavy atom. The molecular formula is C5H5N2S3-. The average Bonchev–Trinajstić information content (AvgIpc) is 2.34. The van der Waals surface area contributed by atoms with Crippen LogP contribution >= 0.6 is 23.6 Å². The predicted octanol–water partition coefficient (Wildman–Crippen LogP) is 1.06. The van der Waals surface area contributed by atoms with E-state index in [-0.39, 0.29) is 0 Å². The molecule has 10 heavy (non-hydrogen) atoms. The molecule has 0 aromatic carbocycles. The monoisotopic (exact) mass is 189 g/mol. The molecule has 54 valence electrons. The number of nitrogens with zero attached hydrogens (tertiary/aromatic N) is 1. The van der Waals surface area contributed by atoms with Gasteiger partial charge in [-0.15, -0.1) is 11.3 Å². The molecular weight excluding hydrogens is 184 g/mol. The summed E-state index contributed by atoms with van der Waals surface area (Å²) in [5.74, 6) is 0. The van der Waals surface area contributed by atoms with Crippen LogP contribution in [0, 0.1) is 0 Å². The van der Waals surface area contributed by atoms with Gasteiger partial charge in [-0.05, 0) is 0 Å². The molecule has 0 spiro atoms. The summed E-state index contributed by atoms with van der Waals surface area (Å²) in [6, 6.07) is 0. The Balaban J connectivity index is 2.35. The van der Waals surface area contributed by atoms with Gasteiger partial charge in [0.1, 0.15) is 5.01 Å². The normalized spacial score (nSPS) is 9.20. The number of hydrogen-bond donors (Lipinski definition) is 1. The quantitative estimate of drug-likeness (QED) is 0.555. The third kappa shape index (κ3) is 2.55. The van der Waals surface area contributed by atoms with Crippen molar-refractivity contribution in [3.05, 3.63) is 16.6 Å². The summed E-state index contributed by atoms with van der Waals surface area (Å²) in [5.41, 5.74) is 0. The van der Waals surface area contributed by atoms with Gasteiger partial charge in [-0.25, -0.2) is 4.98 Å². The molecule has 2 nitrogen and oxygen atoms in total. The lowest BCUT2D eigenvalue weighted by Gasteiger charge is -2.05. The smallest absolute Gasteiger partial charge is 0.112 e. The van der Waals surface area contributed by atoms with Gasteiger partial charge in [0.15, 0.2) is 0 Å². The number of aromatic nitrogens is 1. The van der Waals surface area contributed by atoms with Crippen LogP contribution in [0.25, 0.3) is 0 Å². The lowest BCUT2D eigenvalue weighted by Crippen LogP contribution is -2.17. The van der Waals surface area contributed by atoms with Crippen molar-refractivity contribution in [3.63, 3.8) is 0 Å². The lowest BCUT2D eigenvalue weighted by molar-refractivity contribution is 0.924. The maximum Gasteiger partial charge on any atom is 0.112 e. The van der Waals surface area contributed by atoms with Gasteiger partial charge in [0.05, 0.1) is 6.54 Å². The fourth-order valence-electron chi connectivity index (χ4n) is 0.488. The van der Waals surface area contributed by atoms with Gasteiger partial charge in [-0.2, -0.15) is 0 Å². The second-order valence-corrected chi connectivity index (χ2v) is 3.62. The van der Waals surface area contributed by atoms with Gasteiger partial charge in [-0.3, -0.25) is 0 Å². The minimum Gasteiger partial charge on any atom is -0.412 e. The molecule has 0 aliphatic carbocycles. The van der Waals surface area contributed by atoms with Crippen LogP contribution in [-0.2, 0) is 19.2 Å². The summed E-state index contributed by atoms with van der Waals surface area (Å²) in [6.45, 7) is 0.653. The molecule has 1 heterocycles. The van der Waals surface area contributed by atoms with E-state index in [0.717, 1.165) is 5.01 Å². The van der Waals surface area contributed by atoms with E-state index in [1.807, 2.05) is 5.38 Å². The summed E-state index contributed by atoms with van der Waals surface area (Å²) < 4.78 is 0.398. The molecule has 0 atom stereocenters. The first-order valence-electron chi connectivity index (χ1n) is 2.62. The molecule has 1 rings (SSSR count). The Labute approximate surface area is 74.1 Å². The highest BCUT2D eigenvalue weighted by molar-refractivity contribution is 8.00. The first-order valence-corrected chi connectivity index (χ1v) is 4.32. The van der Waals surface area contributed by atoms with E-state index < -0.39 is 0 Å². The van der Waals surface area contributed by atoms with Crippen LogP contribution in [0.5, 0.6) is 0 Å². The van der Waals surface area contributed by atoms with Crippen molar-refractivity contribution < 1.29 is 0 Å². The van der Waals surface area contributed by atoms with E-state index >= 15 is 0 Å².